The van der Waals surface area contributed by atoms with E-state index in [-0.39, 0.29) is 5.82 Å². The van der Waals surface area contributed by atoms with E-state index in [1.54, 1.807) is 12.1 Å². The minimum atomic E-state index is -0.108. The number of rotatable bonds is 9. The van der Waals surface area contributed by atoms with Gasteiger partial charge in [-0.2, -0.15) is 0 Å². The van der Waals surface area contributed by atoms with Crippen molar-refractivity contribution in [1.29, 1.82) is 0 Å². The van der Waals surface area contributed by atoms with E-state index in [0.29, 0.717) is 12.1 Å². The molecule has 0 fully saturated rings. The maximum Gasteiger partial charge on any atom is 0.146 e. The summed E-state index contributed by atoms with van der Waals surface area (Å²) in [5, 5.41) is 0. The highest BCUT2D eigenvalue weighted by atomic mass is 19.1. The lowest BCUT2D eigenvalue weighted by molar-refractivity contribution is 0.259. The summed E-state index contributed by atoms with van der Waals surface area (Å²) >= 11 is 0. The minimum absolute atomic E-state index is 0.108. The van der Waals surface area contributed by atoms with Crippen LogP contribution < -0.4 is 4.90 Å². The van der Waals surface area contributed by atoms with Gasteiger partial charge in [0.1, 0.15) is 5.82 Å². The van der Waals surface area contributed by atoms with Crippen LogP contribution >= 0.6 is 0 Å². The Morgan fingerprint density at radius 1 is 0.963 bits per heavy atom. The summed E-state index contributed by atoms with van der Waals surface area (Å²) < 4.78 is 14.7. The van der Waals surface area contributed by atoms with Crippen molar-refractivity contribution in [3.63, 3.8) is 0 Å². The number of hydrogen-bond acceptors (Lipinski definition) is 2. The number of hydrogen-bond donors (Lipinski definition) is 0. The molecule has 3 rings (SSSR count). The van der Waals surface area contributed by atoms with Crippen LogP contribution in [0.25, 0.3) is 0 Å². The fourth-order valence-electron chi connectivity index (χ4n) is 4.33. The monoisotopic (exact) mass is 368 g/mol. The van der Waals surface area contributed by atoms with Crippen molar-refractivity contribution >= 4 is 5.69 Å². The van der Waals surface area contributed by atoms with Gasteiger partial charge in [-0.15, -0.1) is 0 Å². The van der Waals surface area contributed by atoms with Gasteiger partial charge in [-0.05, 0) is 63.0 Å². The lowest BCUT2D eigenvalue weighted by Gasteiger charge is -2.34. The van der Waals surface area contributed by atoms with Crippen molar-refractivity contribution in [3.05, 3.63) is 65.5 Å². The van der Waals surface area contributed by atoms with Crippen LogP contribution in [0.4, 0.5) is 10.1 Å². The largest absolute Gasteiger partial charge is 0.365 e. The number of unbranched alkanes of at least 4 members (excludes halogenated alkanes) is 1. The van der Waals surface area contributed by atoms with Crippen LogP contribution in [-0.2, 0) is 12.8 Å². The molecule has 0 spiro atoms. The summed E-state index contributed by atoms with van der Waals surface area (Å²) in [6, 6.07) is 16.8. The SMILES string of the molecule is CCCCC(CCN(c1ccccc1F)C1Cc2ccccc2C1)N(C)C. The molecule has 3 heteroatoms. The van der Waals surface area contributed by atoms with Crippen molar-refractivity contribution in [1.82, 2.24) is 4.90 Å². The third-order valence-electron chi connectivity index (χ3n) is 5.96. The normalized spacial score (nSPS) is 15.1. The minimum Gasteiger partial charge on any atom is -0.365 e. The molecular weight excluding hydrogens is 335 g/mol. The van der Waals surface area contributed by atoms with E-state index < -0.39 is 0 Å². The van der Waals surface area contributed by atoms with Crippen LogP contribution in [0.2, 0.25) is 0 Å². The molecule has 1 unspecified atom stereocenters. The second-order valence-corrected chi connectivity index (χ2v) is 8.02. The molecule has 0 saturated carbocycles. The van der Waals surface area contributed by atoms with E-state index in [1.807, 2.05) is 12.1 Å². The summed E-state index contributed by atoms with van der Waals surface area (Å²) in [4.78, 5) is 4.66. The number of fused-ring (bicyclic) bond motifs is 1. The Bertz CT molecular complexity index is 703. The lowest BCUT2D eigenvalue weighted by atomic mass is 10.0. The molecule has 2 aromatic rings. The lowest BCUT2D eigenvalue weighted by Crippen LogP contribution is -2.40. The molecule has 1 aliphatic rings. The van der Waals surface area contributed by atoms with Crippen LogP contribution in [-0.4, -0.2) is 37.6 Å². The summed E-state index contributed by atoms with van der Waals surface area (Å²) in [6.45, 7) is 3.14. The van der Waals surface area contributed by atoms with Gasteiger partial charge < -0.3 is 9.80 Å². The Morgan fingerprint density at radius 2 is 1.59 bits per heavy atom. The van der Waals surface area contributed by atoms with Gasteiger partial charge in [0, 0.05) is 18.6 Å². The fraction of sp³-hybridized carbons (Fsp3) is 0.500. The predicted molar refractivity (Wildman–Crippen MR) is 113 cm³/mol. The molecule has 1 atom stereocenters. The zero-order chi connectivity index (χ0) is 19.2. The Labute approximate surface area is 164 Å². The zero-order valence-corrected chi connectivity index (χ0v) is 17.0. The van der Waals surface area contributed by atoms with Crippen molar-refractivity contribution < 1.29 is 4.39 Å². The van der Waals surface area contributed by atoms with E-state index in [0.717, 1.165) is 31.5 Å². The first kappa shape index (κ1) is 19.9. The molecule has 0 N–H and O–H groups in total. The van der Waals surface area contributed by atoms with E-state index in [1.165, 1.54) is 30.4 Å². The highest BCUT2D eigenvalue weighted by molar-refractivity contribution is 5.51. The van der Waals surface area contributed by atoms with Crippen LogP contribution in [0.1, 0.15) is 43.7 Å². The van der Waals surface area contributed by atoms with Gasteiger partial charge in [0.05, 0.1) is 5.69 Å². The topological polar surface area (TPSA) is 6.48 Å². The number of halogens is 1. The Morgan fingerprint density at radius 3 is 2.19 bits per heavy atom. The Kier molecular flexibility index (Phi) is 6.89. The number of nitrogens with zero attached hydrogens (tertiary/aromatic N) is 2. The average molecular weight is 369 g/mol. The van der Waals surface area contributed by atoms with Crippen LogP contribution in [0, 0.1) is 5.82 Å². The van der Waals surface area contributed by atoms with E-state index in [9.17, 15) is 4.39 Å². The molecular formula is C24H33FN2. The van der Waals surface area contributed by atoms with E-state index >= 15 is 0 Å². The average Bonchev–Trinajstić information content (AvgIpc) is 3.09. The van der Waals surface area contributed by atoms with Gasteiger partial charge in [-0.1, -0.05) is 56.2 Å². The molecule has 0 bridgehead atoms. The second-order valence-electron chi connectivity index (χ2n) is 8.02. The zero-order valence-electron chi connectivity index (χ0n) is 17.0. The summed E-state index contributed by atoms with van der Waals surface area (Å²) in [6.07, 6.45) is 6.75. The summed E-state index contributed by atoms with van der Waals surface area (Å²) in [5.41, 5.74) is 3.58. The maximum absolute atomic E-state index is 14.7. The summed E-state index contributed by atoms with van der Waals surface area (Å²) in [5.74, 6) is -0.108. The van der Waals surface area contributed by atoms with Gasteiger partial charge in [0.15, 0.2) is 0 Å². The molecule has 0 heterocycles. The van der Waals surface area contributed by atoms with Crippen molar-refractivity contribution in [2.75, 3.05) is 25.5 Å². The Hall–Kier alpha value is -1.87. The van der Waals surface area contributed by atoms with Crippen LogP contribution in [0.3, 0.4) is 0 Å². The van der Waals surface area contributed by atoms with E-state index in [2.05, 4.69) is 55.1 Å². The molecule has 0 aromatic heterocycles. The van der Waals surface area contributed by atoms with Crippen LogP contribution in [0.5, 0.6) is 0 Å². The molecule has 146 valence electrons. The van der Waals surface area contributed by atoms with Gasteiger partial charge in [-0.25, -0.2) is 4.39 Å². The molecule has 1 aliphatic carbocycles. The molecule has 0 aliphatic heterocycles. The first-order valence-corrected chi connectivity index (χ1v) is 10.3. The first-order valence-electron chi connectivity index (χ1n) is 10.3. The van der Waals surface area contributed by atoms with Crippen LogP contribution in [0.15, 0.2) is 48.5 Å². The van der Waals surface area contributed by atoms with Gasteiger partial charge in [0.25, 0.3) is 0 Å². The fourth-order valence-corrected chi connectivity index (χ4v) is 4.33. The second kappa shape index (κ2) is 9.36. The number of para-hydroxylation sites is 1. The molecule has 0 radical (unpaired) electrons. The van der Waals surface area contributed by atoms with Crippen molar-refractivity contribution in [2.24, 2.45) is 0 Å². The quantitative estimate of drug-likeness (QED) is 0.592. The van der Waals surface area contributed by atoms with Crippen molar-refractivity contribution in [2.45, 2.75) is 57.5 Å². The third-order valence-corrected chi connectivity index (χ3v) is 5.96. The molecule has 27 heavy (non-hydrogen) atoms. The molecule has 2 nitrogen and oxygen atoms in total. The number of benzene rings is 2. The number of anilines is 1. The van der Waals surface area contributed by atoms with E-state index in [4.69, 9.17) is 0 Å². The smallest absolute Gasteiger partial charge is 0.146 e. The standard InChI is InChI=1S/C24H33FN2/c1-4-5-12-21(26(2)3)15-16-27(24-14-9-8-13-23(24)25)22-17-19-10-6-7-11-20(19)18-22/h6-11,13-14,21-22H,4-5,12,15-18H2,1-3H3. The van der Waals surface area contributed by atoms with Crippen molar-refractivity contribution in [3.8, 4) is 0 Å². The van der Waals surface area contributed by atoms with Gasteiger partial charge in [0.2, 0.25) is 0 Å². The first-order chi connectivity index (χ1) is 13.1. The van der Waals surface area contributed by atoms with Gasteiger partial charge >= 0.3 is 0 Å². The molecule has 0 saturated heterocycles. The summed E-state index contributed by atoms with van der Waals surface area (Å²) in [7, 11) is 4.33. The predicted octanol–water partition coefficient (Wildman–Crippen LogP) is 5.31. The highest BCUT2D eigenvalue weighted by Gasteiger charge is 2.28. The Balaban J connectivity index is 1.78. The molecule has 0 amide bonds. The van der Waals surface area contributed by atoms with Gasteiger partial charge in [-0.3, -0.25) is 0 Å². The third kappa shape index (κ3) is 4.90. The maximum atomic E-state index is 14.7. The molecule has 2 aromatic carbocycles. The highest BCUT2D eigenvalue weighted by Crippen LogP contribution is 2.31.